The van der Waals surface area contributed by atoms with Crippen LogP contribution in [0.25, 0.3) is 0 Å². The minimum absolute atomic E-state index is 0.273. The summed E-state index contributed by atoms with van der Waals surface area (Å²) < 4.78 is 13.0. The van der Waals surface area contributed by atoms with Crippen molar-refractivity contribution in [2.75, 3.05) is 6.54 Å². The number of hydrogen-bond acceptors (Lipinski definition) is 3. The van der Waals surface area contributed by atoms with Gasteiger partial charge in [0.05, 0.1) is 11.5 Å². The number of rotatable bonds is 5. The summed E-state index contributed by atoms with van der Waals surface area (Å²) >= 11 is 0. The highest BCUT2D eigenvalue weighted by Crippen LogP contribution is 2.31. The molecular formula is C15H20FNO3. The fraction of sp³-hybridized carbons (Fsp3) is 0.533. The van der Waals surface area contributed by atoms with E-state index in [-0.39, 0.29) is 11.7 Å². The van der Waals surface area contributed by atoms with Gasteiger partial charge in [0.1, 0.15) is 5.82 Å². The highest BCUT2D eigenvalue weighted by molar-refractivity contribution is 5.70. The fourth-order valence-corrected chi connectivity index (χ4v) is 2.67. The Morgan fingerprint density at radius 3 is 2.70 bits per heavy atom. The summed E-state index contributed by atoms with van der Waals surface area (Å²) in [5, 5.41) is 22.4. The summed E-state index contributed by atoms with van der Waals surface area (Å²) in [7, 11) is 0. The van der Waals surface area contributed by atoms with E-state index < -0.39 is 11.6 Å². The predicted molar refractivity (Wildman–Crippen MR) is 72.7 cm³/mol. The Balaban J connectivity index is 1.78. The summed E-state index contributed by atoms with van der Waals surface area (Å²) in [6.07, 6.45) is 1.99. The lowest BCUT2D eigenvalue weighted by atomic mass is 9.79. The van der Waals surface area contributed by atoms with Crippen LogP contribution in [0.1, 0.15) is 31.2 Å². The smallest absolute Gasteiger partial charge is 0.306 e. The van der Waals surface area contributed by atoms with Gasteiger partial charge in [0, 0.05) is 13.1 Å². The van der Waals surface area contributed by atoms with Crippen LogP contribution in [-0.2, 0) is 11.3 Å². The van der Waals surface area contributed by atoms with E-state index in [0.29, 0.717) is 38.8 Å². The number of aliphatic carboxylic acids is 1. The number of aliphatic hydroxyl groups is 1. The first kappa shape index (κ1) is 14.9. The number of carboxylic acid groups (broad SMARTS) is 1. The van der Waals surface area contributed by atoms with Gasteiger partial charge in [-0.2, -0.15) is 0 Å². The normalized spacial score (nSPS) is 26.4. The van der Waals surface area contributed by atoms with Crippen molar-refractivity contribution in [2.45, 2.75) is 37.8 Å². The average molecular weight is 281 g/mol. The molecule has 0 unspecified atom stereocenters. The summed E-state index contributed by atoms with van der Waals surface area (Å²) in [6.45, 7) is 0.887. The standard InChI is InChI=1S/C15H20FNO3/c16-13-3-1-2-11(8-13)9-17-10-15(20)6-4-12(5-7-15)14(18)19/h1-3,8,12,17,20H,4-7,9-10H2,(H,18,19). The number of carbonyl (C=O) groups is 1. The Bertz CT molecular complexity index is 470. The molecule has 5 heteroatoms. The number of nitrogens with one attached hydrogen (secondary N) is 1. The Morgan fingerprint density at radius 2 is 2.10 bits per heavy atom. The van der Waals surface area contributed by atoms with Crippen LogP contribution in [0.4, 0.5) is 4.39 Å². The van der Waals surface area contributed by atoms with Gasteiger partial charge in [0.25, 0.3) is 0 Å². The second-order valence-corrected chi connectivity index (χ2v) is 5.57. The van der Waals surface area contributed by atoms with E-state index >= 15 is 0 Å². The lowest BCUT2D eigenvalue weighted by Gasteiger charge is -2.34. The van der Waals surface area contributed by atoms with Crippen LogP contribution >= 0.6 is 0 Å². The first-order chi connectivity index (χ1) is 9.48. The van der Waals surface area contributed by atoms with Crippen LogP contribution in [0.15, 0.2) is 24.3 Å². The molecule has 0 spiro atoms. The molecule has 0 amide bonds. The maximum absolute atomic E-state index is 13.0. The topological polar surface area (TPSA) is 69.6 Å². The number of benzene rings is 1. The number of halogens is 1. The van der Waals surface area contributed by atoms with Crippen molar-refractivity contribution in [1.29, 1.82) is 0 Å². The van der Waals surface area contributed by atoms with Crippen LogP contribution < -0.4 is 5.32 Å². The van der Waals surface area contributed by atoms with Crippen molar-refractivity contribution in [1.82, 2.24) is 5.32 Å². The van der Waals surface area contributed by atoms with Crippen molar-refractivity contribution in [3.05, 3.63) is 35.6 Å². The van der Waals surface area contributed by atoms with E-state index in [0.717, 1.165) is 5.56 Å². The van der Waals surface area contributed by atoms with Crippen molar-refractivity contribution < 1.29 is 19.4 Å². The summed E-state index contributed by atoms with van der Waals surface area (Å²) in [4.78, 5) is 10.9. The molecule has 1 aliphatic rings. The minimum Gasteiger partial charge on any atom is -0.481 e. The molecule has 0 heterocycles. The Hall–Kier alpha value is -1.46. The molecule has 1 aromatic carbocycles. The zero-order valence-corrected chi connectivity index (χ0v) is 11.3. The van der Waals surface area contributed by atoms with Crippen molar-refractivity contribution in [2.24, 2.45) is 5.92 Å². The van der Waals surface area contributed by atoms with Gasteiger partial charge >= 0.3 is 5.97 Å². The summed E-state index contributed by atoms with van der Waals surface area (Å²) in [6, 6.07) is 6.32. The summed E-state index contributed by atoms with van der Waals surface area (Å²) in [5.74, 6) is -1.39. The maximum atomic E-state index is 13.0. The van der Waals surface area contributed by atoms with E-state index in [9.17, 15) is 14.3 Å². The van der Waals surface area contributed by atoms with Gasteiger partial charge in [-0.05, 0) is 43.4 Å². The van der Waals surface area contributed by atoms with Crippen molar-refractivity contribution >= 4 is 5.97 Å². The molecule has 0 atom stereocenters. The van der Waals surface area contributed by atoms with Gasteiger partial charge in [0.2, 0.25) is 0 Å². The molecule has 3 N–H and O–H groups in total. The first-order valence-corrected chi connectivity index (χ1v) is 6.89. The van der Waals surface area contributed by atoms with Gasteiger partial charge in [-0.25, -0.2) is 4.39 Å². The van der Waals surface area contributed by atoms with Gasteiger partial charge < -0.3 is 15.5 Å². The lowest BCUT2D eigenvalue weighted by Crippen LogP contribution is -2.44. The van der Waals surface area contributed by atoms with Gasteiger partial charge in [0.15, 0.2) is 0 Å². The van der Waals surface area contributed by atoms with Crippen LogP contribution in [-0.4, -0.2) is 28.3 Å². The second-order valence-electron chi connectivity index (χ2n) is 5.57. The van der Waals surface area contributed by atoms with E-state index in [4.69, 9.17) is 5.11 Å². The van der Waals surface area contributed by atoms with Crippen LogP contribution in [0.3, 0.4) is 0 Å². The average Bonchev–Trinajstić information content (AvgIpc) is 2.39. The number of hydrogen-bond donors (Lipinski definition) is 3. The molecule has 4 nitrogen and oxygen atoms in total. The monoisotopic (exact) mass is 281 g/mol. The zero-order valence-electron chi connectivity index (χ0n) is 11.3. The molecule has 0 aromatic heterocycles. The van der Waals surface area contributed by atoms with E-state index in [1.165, 1.54) is 12.1 Å². The van der Waals surface area contributed by atoms with Crippen LogP contribution in [0, 0.1) is 11.7 Å². The first-order valence-electron chi connectivity index (χ1n) is 6.89. The molecule has 110 valence electrons. The van der Waals surface area contributed by atoms with Gasteiger partial charge in [-0.15, -0.1) is 0 Å². The molecule has 1 fully saturated rings. The maximum Gasteiger partial charge on any atom is 0.306 e. The minimum atomic E-state index is -0.848. The molecule has 0 aliphatic heterocycles. The number of carboxylic acids is 1. The molecule has 0 radical (unpaired) electrons. The third kappa shape index (κ3) is 4.02. The van der Waals surface area contributed by atoms with E-state index in [1.54, 1.807) is 6.07 Å². The Kier molecular flexibility index (Phi) is 4.73. The van der Waals surface area contributed by atoms with Gasteiger partial charge in [-0.1, -0.05) is 12.1 Å². The quantitative estimate of drug-likeness (QED) is 0.771. The molecule has 20 heavy (non-hydrogen) atoms. The highest BCUT2D eigenvalue weighted by Gasteiger charge is 2.35. The highest BCUT2D eigenvalue weighted by atomic mass is 19.1. The van der Waals surface area contributed by atoms with Gasteiger partial charge in [-0.3, -0.25) is 4.79 Å². The SMILES string of the molecule is O=C(O)C1CCC(O)(CNCc2cccc(F)c2)CC1. The molecule has 1 aromatic rings. The van der Waals surface area contributed by atoms with Crippen molar-refractivity contribution in [3.8, 4) is 0 Å². The fourth-order valence-electron chi connectivity index (χ4n) is 2.67. The van der Waals surface area contributed by atoms with E-state index in [2.05, 4.69) is 5.32 Å². The van der Waals surface area contributed by atoms with Crippen LogP contribution in [0.5, 0.6) is 0 Å². The lowest BCUT2D eigenvalue weighted by molar-refractivity contribution is -0.144. The predicted octanol–water partition coefficient (Wildman–Crippen LogP) is 1.92. The Labute approximate surface area is 117 Å². The zero-order chi connectivity index (χ0) is 14.6. The molecular weight excluding hydrogens is 261 g/mol. The molecule has 0 bridgehead atoms. The third-order valence-corrected chi connectivity index (χ3v) is 3.94. The molecule has 1 aliphatic carbocycles. The molecule has 0 saturated heterocycles. The molecule has 1 saturated carbocycles. The van der Waals surface area contributed by atoms with Crippen molar-refractivity contribution in [3.63, 3.8) is 0 Å². The van der Waals surface area contributed by atoms with Crippen LogP contribution in [0.2, 0.25) is 0 Å². The second kappa shape index (κ2) is 6.33. The summed E-state index contributed by atoms with van der Waals surface area (Å²) in [5.41, 5.74) is -0.0213. The molecule has 2 rings (SSSR count). The van der Waals surface area contributed by atoms with E-state index in [1.807, 2.05) is 6.07 Å². The third-order valence-electron chi connectivity index (χ3n) is 3.94. The largest absolute Gasteiger partial charge is 0.481 e. The Morgan fingerprint density at radius 1 is 1.40 bits per heavy atom.